The van der Waals surface area contributed by atoms with Crippen molar-refractivity contribution in [2.75, 3.05) is 18.4 Å². The number of hydrogen-bond donors (Lipinski definition) is 3. The number of carbonyl (C=O) groups is 2. The Morgan fingerprint density at radius 2 is 1.62 bits per heavy atom. The fourth-order valence-electron chi connectivity index (χ4n) is 1.95. The van der Waals surface area contributed by atoms with E-state index in [1.54, 1.807) is 24.3 Å². The van der Waals surface area contributed by atoms with Crippen molar-refractivity contribution >= 4 is 29.1 Å². The Hall–Kier alpha value is -2.51. The number of unbranched alkanes of at least 4 members (excludes halogenated alkanes) is 1. The molecule has 0 fully saturated rings. The third-order valence-electron chi connectivity index (χ3n) is 3.15. The lowest BCUT2D eigenvalue weighted by atomic mass is 10.2. The molecule has 0 atom stereocenters. The maximum Gasteiger partial charge on any atom is 0.276 e. The highest BCUT2D eigenvalue weighted by atomic mass is 35.5. The highest BCUT2D eigenvalue weighted by Crippen LogP contribution is 2.14. The molecule has 8 heteroatoms. The van der Waals surface area contributed by atoms with Gasteiger partial charge in [0.15, 0.2) is 11.4 Å². The summed E-state index contributed by atoms with van der Waals surface area (Å²) in [4.78, 5) is 32.5. The summed E-state index contributed by atoms with van der Waals surface area (Å²) in [6.45, 7) is 1.03. The first kappa shape index (κ1) is 17.8. The number of nitrogens with zero attached hydrogens (tertiary/aromatic N) is 2. The Kier molecular flexibility index (Phi) is 6.65. The number of rotatable bonds is 7. The summed E-state index contributed by atoms with van der Waals surface area (Å²) in [6, 6.07) is 6.62. The molecule has 126 valence electrons. The molecule has 0 bridgehead atoms. The molecular weight excluding hydrogens is 330 g/mol. The molecule has 2 rings (SSSR count). The number of nitrogens with one attached hydrogen (secondary N) is 2. The summed E-state index contributed by atoms with van der Waals surface area (Å²) in [5.74, 6) is -0.959. The quantitative estimate of drug-likeness (QED) is 0.662. The van der Waals surface area contributed by atoms with Crippen molar-refractivity contribution in [2.24, 2.45) is 5.73 Å². The average Bonchev–Trinajstić information content (AvgIpc) is 2.60. The lowest BCUT2D eigenvalue weighted by Crippen LogP contribution is -2.29. The van der Waals surface area contributed by atoms with Crippen molar-refractivity contribution in [3.8, 4) is 0 Å². The van der Waals surface area contributed by atoms with Crippen molar-refractivity contribution in [1.29, 1.82) is 0 Å². The fraction of sp³-hybridized carbons (Fsp3) is 0.250. The largest absolute Gasteiger partial charge is 0.351 e. The lowest BCUT2D eigenvalue weighted by Gasteiger charge is -2.09. The molecule has 0 aliphatic heterocycles. The van der Waals surface area contributed by atoms with E-state index in [9.17, 15) is 9.59 Å². The van der Waals surface area contributed by atoms with Crippen LogP contribution < -0.4 is 16.4 Å². The zero-order valence-corrected chi connectivity index (χ0v) is 13.7. The number of nitrogens with two attached hydrogens (primary N) is 1. The van der Waals surface area contributed by atoms with Crippen LogP contribution in [0.5, 0.6) is 0 Å². The van der Waals surface area contributed by atoms with Crippen LogP contribution in [0, 0.1) is 0 Å². The predicted octanol–water partition coefficient (Wildman–Crippen LogP) is 1.85. The molecule has 24 heavy (non-hydrogen) atoms. The molecule has 2 amide bonds. The lowest BCUT2D eigenvalue weighted by molar-refractivity contribution is 0.0932. The van der Waals surface area contributed by atoms with E-state index >= 15 is 0 Å². The van der Waals surface area contributed by atoms with E-state index in [2.05, 4.69) is 20.6 Å². The summed E-state index contributed by atoms with van der Waals surface area (Å²) in [6.07, 6.45) is 4.30. The molecule has 2 aromatic rings. The van der Waals surface area contributed by atoms with Crippen LogP contribution in [0.2, 0.25) is 5.02 Å². The Morgan fingerprint density at radius 1 is 1.00 bits per heavy atom. The van der Waals surface area contributed by atoms with E-state index in [0.29, 0.717) is 23.8 Å². The van der Waals surface area contributed by atoms with Crippen LogP contribution in [0.3, 0.4) is 0 Å². The second kappa shape index (κ2) is 8.95. The molecule has 1 aromatic carbocycles. The van der Waals surface area contributed by atoms with Gasteiger partial charge in [-0.2, -0.15) is 0 Å². The van der Waals surface area contributed by atoms with Gasteiger partial charge < -0.3 is 16.4 Å². The van der Waals surface area contributed by atoms with E-state index in [4.69, 9.17) is 17.3 Å². The molecule has 0 spiro atoms. The Morgan fingerprint density at radius 3 is 2.25 bits per heavy atom. The highest BCUT2D eigenvalue weighted by molar-refractivity contribution is 6.30. The van der Waals surface area contributed by atoms with Crippen molar-refractivity contribution < 1.29 is 9.59 Å². The first-order valence-corrected chi connectivity index (χ1v) is 7.86. The Balaban J connectivity index is 2.08. The van der Waals surface area contributed by atoms with Crippen molar-refractivity contribution in [2.45, 2.75) is 12.8 Å². The molecule has 1 heterocycles. The number of halogens is 1. The minimum atomic E-state index is -0.516. The van der Waals surface area contributed by atoms with Crippen LogP contribution >= 0.6 is 11.6 Å². The second-order valence-corrected chi connectivity index (χ2v) is 5.40. The van der Waals surface area contributed by atoms with Crippen molar-refractivity contribution in [1.82, 2.24) is 15.3 Å². The molecule has 0 saturated heterocycles. The average molecular weight is 348 g/mol. The molecule has 0 saturated carbocycles. The Labute approximate surface area is 144 Å². The SMILES string of the molecule is NCCCCNC(=O)c1nccnc1C(=O)Nc1ccc(Cl)cc1. The molecule has 4 N–H and O–H groups in total. The minimum absolute atomic E-state index is 0.0169. The number of aromatic nitrogens is 2. The Bertz CT molecular complexity index is 706. The van der Waals surface area contributed by atoms with Crippen molar-refractivity contribution in [3.63, 3.8) is 0 Å². The smallest absolute Gasteiger partial charge is 0.276 e. The molecular formula is C16H18ClN5O2. The third kappa shape index (κ3) is 5.00. The van der Waals surface area contributed by atoms with Gasteiger partial charge in [0.2, 0.25) is 0 Å². The minimum Gasteiger partial charge on any atom is -0.351 e. The van der Waals surface area contributed by atoms with Crippen LogP contribution in [0.4, 0.5) is 5.69 Å². The predicted molar refractivity (Wildman–Crippen MR) is 92.1 cm³/mol. The summed E-state index contributed by atoms with van der Waals surface area (Å²) in [5.41, 5.74) is 5.90. The fourth-order valence-corrected chi connectivity index (χ4v) is 2.07. The molecule has 1 aromatic heterocycles. The number of amides is 2. The topological polar surface area (TPSA) is 110 Å². The van der Waals surface area contributed by atoms with Gasteiger partial charge in [0.1, 0.15) is 0 Å². The third-order valence-corrected chi connectivity index (χ3v) is 3.40. The molecule has 0 aliphatic rings. The summed E-state index contributed by atoms with van der Waals surface area (Å²) >= 11 is 5.81. The van der Waals surface area contributed by atoms with Crippen LogP contribution in [-0.2, 0) is 0 Å². The number of hydrogen-bond acceptors (Lipinski definition) is 5. The number of anilines is 1. The molecule has 7 nitrogen and oxygen atoms in total. The van der Waals surface area contributed by atoms with E-state index < -0.39 is 11.8 Å². The highest BCUT2D eigenvalue weighted by Gasteiger charge is 2.19. The number of benzene rings is 1. The van der Waals surface area contributed by atoms with Gasteiger partial charge >= 0.3 is 0 Å². The molecule has 0 radical (unpaired) electrons. The van der Waals surface area contributed by atoms with Gasteiger partial charge in [0.25, 0.3) is 11.8 Å². The van der Waals surface area contributed by atoms with Crippen LogP contribution in [-0.4, -0.2) is 34.9 Å². The van der Waals surface area contributed by atoms with Crippen LogP contribution in [0.25, 0.3) is 0 Å². The standard InChI is InChI=1S/C16H18ClN5O2/c17-11-3-5-12(6-4-11)22-16(24)14-13(19-9-10-20-14)15(23)21-8-2-1-7-18/h3-6,9-10H,1-2,7-8,18H2,(H,21,23)(H,22,24). The van der Waals surface area contributed by atoms with E-state index in [1.165, 1.54) is 12.4 Å². The van der Waals surface area contributed by atoms with E-state index in [-0.39, 0.29) is 11.4 Å². The zero-order valence-electron chi connectivity index (χ0n) is 13.0. The van der Waals surface area contributed by atoms with Gasteiger partial charge in [-0.15, -0.1) is 0 Å². The van der Waals surface area contributed by atoms with E-state index in [0.717, 1.165) is 12.8 Å². The first-order valence-electron chi connectivity index (χ1n) is 7.48. The summed E-state index contributed by atoms with van der Waals surface area (Å²) in [5, 5.41) is 5.93. The number of carbonyl (C=O) groups excluding carboxylic acids is 2. The van der Waals surface area contributed by atoms with Gasteiger partial charge in [-0.3, -0.25) is 9.59 Å². The monoisotopic (exact) mass is 347 g/mol. The normalized spacial score (nSPS) is 10.2. The van der Waals surface area contributed by atoms with Gasteiger partial charge in [-0.05, 0) is 43.7 Å². The summed E-state index contributed by atoms with van der Waals surface area (Å²) < 4.78 is 0. The van der Waals surface area contributed by atoms with Gasteiger partial charge in [0, 0.05) is 29.6 Å². The summed E-state index contributed by atoms with van der Waals surface area (Å²) in [7, 11) is 0. The van der Waals surface area contributed by atoms with Gasteiger partial charge in [-0.25, -0.2) is 9.97 Å². The zero-order chi connectivity index (χ0) is 17.4. The van der Waals surface area contributed by atoms with Gasteiger partial charge in [-0.1, -0.05) is 11.6 Å². The first-order chi connectivity index (χ1) is 11.6. The van der Waals surface area contributed by atoms with Crippen molar-refractivity contribution in [3.05, 3.63) is 53.1 Å². The second-order valence-electron chi connectivity index (χ2n) is 4.97. The van der Waals surface area contributed by atoms with Gasteiger partial charge in [0.05, 0.1) is 0 Å². The van der Waals surface area contributed by atoms with Crippen LogP contribution in [0.1, 0.15) is 33.8 Å². The molecule has 0 unspecified atom stereocenters. The maximum atomic E-state index is 12.4. The van der Waals surface area contributed by atoms with E-state index in [1.807, 2.05) is 0 Å². The molecule has 0 aliphatic carbocycles. The maximum absolute atomic E-state index is 12.4. The van der Waals surface area contributed by atoms with Crippen LogP contribution in [0.15, 0.2) is 36.7 Å².